The van der Waals surface area contributed by atoms with Crippen LogP contribution in [0.25, 0.3) is 0 Å². The van der Waals surface area contributed by atoms with Crippen molar-refractivity contribution in [1.29, 1.82) is 0 Å². The molecule has 0 heterocycles. The molecule has 0 amide bonds. The van der Waals surface area contributed by atoms with E-state index >= 15 is 0 Å². The van der Waals surface area contributed by atoms with Crippen molar-refractivity contribution < 1.29 is 0 Å². The third-order valence-electron chi connectivity index (χ3n) is 1.63. The van der Waals surface area contributed by atoms with E-state index in [2.05, 4.69) is 19.8 Å². The Bertz CT molecular complexity index is 86.7. The van der Waals surface area contributed by atoms with Gasteiger partial charge in [0.15, 0.2) is 0 Å². The van der Waals surface area contributed by atoms with E-state index in [-0.39, 0.29) is 0 Å². The average molecular weight is 124 g/mol. The fraction of sp³-hybridized carbons (Fsp3) is 0.778. The molecule has 0 fully saturated rings. The first-order valence-corrected chi connectivity index (χ1v) is 3.81. The monoisotopic (exact) mass is 124 g/mol. The normalized spacial score (nSPS) is 12.6. The molecule has 0 N–H and O–H groups in total. The highest BCUT2D eigenvalue weighted by molar-refractivity contribution is 4.91. The van der Waals surface area contributed by atoms with Crippen LogP contribution >= 0.6 is 0 Å². The minimum atomic E-state index is 0.532. The maximum absolute atomic E-state index is 5.27. The van der Waals surface area contributed by atoms with Crippen molar-refractivity contribution in [3.63, 3.8) is 0 Å². The molecular weight excluding hydrogens is 108 g/mol. The Hall–Kier alpha value is -0.440. The summed E-state index contributed by atoms with van der Waals surface area (Å²) in [6.45, 7) is 4.35. The summed E-state index contributed by atoms with van der Waals surface area (Å²) in [5.74, 6) is 3.32. The summed E-state index contributed by atoms with van der Waals surface area (Å²) in [5.41, 5.74) is 0. The average Bonchev–Trinajstić information content (AvgIpc) is 1.91. The van der Waals surface area contributed by atoms with Gasteiger partial charge in [0.25, 0.3) is 0 Å². The summed E-state index contributed by atoms with van der Waals surface area (Å²) in [6, 6.07) is 0. The lowest BCUT2D eigenvalue weighted by Gasteiger charge is -2.03. The summed E-state index contributed by atoms with van der Waals surface area (Å²) < 4.78 is 0. The summed E-state index contributed by atoms with van der Waals surface area (Å²) in [5, 5.41) is 0. The number of unbranched alkanes of at least 4 members (excludes halogenated alkanes) is 1. The van der Waals surface area contributed by atoms with Crippen molar-refractivity contribution in [3.05, 3.63) is 0 Å². The summed E-state index contributed by atoms with van der Waals surface area (Å²) in [6.07, 6.45) is 10.2. The molecule has 0 rings (SSSR count). The molecule has 0 spiro atoms. The van der Waals surface area contributed by atoms with Crippen LogP contribution in [0.2, 0.25) is 0 Å². The predicted molar refractivity (Wildman–Crippen MR) is 42.1 cm³/mol. The highest BCUT2D eigenvalue weighted by atomic mass is 14.0. The van der Waals surface area contributed by atoms with Gasteiger partial charge in [-0.15, -0.1) is 12.3 Å². The van der Waals surface area contributed by atoms with E-state index in [4.69, 9.17) is 6.42 Å². The lowest BCUT2D eigenvalue weighted by atomic mass is 10.0. The third-order valence-corrected chi connectivity index (χ3v) is 1.63. The zero-order valence-electron chi connectivity index (χ0n) is 6.48. The summed E-state index contributed by atoms with van der Waals surface area (Å²) in [7, 11) is 0. The molecule has 9 heavy (non-hydrogen) atoms. The van der Waals surface area contributed by atoms with E-state index in [1.165, 1.54) is 19.3 Å². The quantitative estimate of drug-likeness (QED) is 0.505. The van der Waals surface area contributed by atoms with Crippen LogP contribution in [0.1, 0.15) is 39.5 Å². The molecule has 1 unspecified atom stereocenters. The van der Waals surface area contributed by atoms with Crippen LogP contribution in [0, 0.1) is 18.3 Å². The summed E-state index contributed by atoms with van der Waals surface area (Å²) in [4.78, 5) is 0. The molecule has 0 aromatic carbocycles. The fourth-order valence-electron chi connectivity index (χ4n) is 0.856. The van der Waals surface area contributed by atoms with Crippen LogP contribution in [0.4, 0.5) is 0 Å². The lowest BCUT2D eigenvalue weighted by Crippen LogP contribution is -1.93. The van der Waals surface area contributed by atoms with E-state index in [1.54, 1.807) is 0 Å². The lowest BCUT2D eigenvalue weighted by molar-refractivity contribution is 0.556. The van der Waals surface area contributed by atoms with Crippen molar-refractivity contribution in [3.8, 4) is 12.3 Å². The van der Waals surface area contributed by atoms with Crippen LogP contribution in [0.3, 0.4) is 0 Å². The molecule has 0 nitrogen and oxygen atoms in total. The van der Waals surface area contributed by atoms with Gasteiger partial charge in [-0.1, -0.05) is 26.7 Å². The van der Waals surface area contributed by atoms with Crippen LogP contribution < -0.4 is 0 Å². The second kappa shape index (κ2) is 5.69. The Morgan fingerprint density at radius 2 is 2.11 bits per heavy atom. The van der Waals surface area contributed by atoms with Crippen molar-refractivity contribution >= 4 is 0 Å². The van der Waals surface area contributed by atoms with Gasteiger partial charge in [-0.25, -0.2) is 0 Å². The van der Waals surface area contributed by atoms with Gasteiger partial charge in [-0.05, 0) is 12.8 Å². The van der Waals surface area contributed by atoms with E-state index in [9.17, 15) is 0 Å². The van der Waals surface area contributed by atoms with Gasteiger partial charge >= 0.3 is 0 Å². The highest BCUT2D eigenvalue weighted by Gasteiger charge is 1.98. The zero-order chi connectivity index (χ0) is 7.11. The minimum absolute atomic E-state index is 0.532. The van der Waals surface area contributed by atoms with Gasteiger partial charge in [0.2, 0.25) is 0 Å². The maximum atomic E-state index is 5.27. The predicted octanol–water partition coefficient (Wildman–Crippen LogP) is 2.84. The Morgan fingerprint density at radius 1 is 1.44 bits per heavy atom. The van der Waals surface area contributed by atoms with Crippen molar-refractivity contribution in [2.75, 3.05) is 0 Å². The standard InChI is InChI=1S/C9H16/c1-4-7-8-9(5-2)6-3/h2,9H,4,6-8H2,1,3H3. The SMILES string of the molecule is C#CC(CC)CCCC. The molecule has 0 aliphatic heterocycles. The molecule has 0 aliphatic rings. The molecule has 0 bridgehead atoms. The number of terminal acetylenes is 1. The van der Waals surface area contributed by atoms with E-state index in [0.29, 0.717) is 5.92 Å². The van der Waals surface area contributed by atoms with Gasteiger partial charge in [-0.3, -0.25) is 0 Å². The number of rotatable bonds is 4. The van der Waals surface area contributed by atoms with Gasteiger partial charge < -0.3 is 0 Å². The Labute approximate surface area is 58.7 Å². The second-order valence-electron chi connectivity index (χ2n) is 2.41. The summed E-state index contributed by atoms with van der Waals surface area (Å²) >= 11 is 0. The van der Waals surface area contributed by atoms with E-state index < -0.39 is 0 Å². The Balaban J connectivity index is 3.23. The van der Waals surface area contributed by atoms with Crippen molar-refractivity contribution in [2.24, 2.45) is 5.92 Å². The molecule has 0 aromatic heterocycles. The first kappa shape index (κ1) is 8.56. The molecule has 0 saturated heterocycles. The molecule has 0 aromatic rings. The topological polar surface area (TPSA) is 0 Å². The molecule has 0 saturated carbocycles. The molecular formula is C9H16. The van der Waals surface area contributed by atoms with Gasteiger partial charge in [0.1, 0.15) is 0 Å². The van der Waals surface area contributed by atoms with Crippen molar-refractivity contribution in [1.82, 2.24) is 0 Å². The number of hydrogen-bond donors (Lipinski definition) is 0. The number of hydrogen-bond acceptors (Lipinski definition) is 0. The first-order valence-electron chi connectivity index (χ1n) is 3.81. The molecule has 52 valence electrons. The third kappa shape index (κ3) is 4.09. The van der Waals surface area contributed by atoms with Crippen molar-refractivity contribution in [2.45, 2.75) is 39.5 Å². The maximum Gasteiger partial charge on any atom is 0.0197 e. The van der Waals surface area contributed by atoms with Gasteiger partial charge in [0.05, 0.1) is 0 Å². The van der Waals surface area contributed by atoms with Gasteiger partial charge in [-0.2, -0.15) is 0 Å². The molecule has 1 atom stereocenters. The Morgan fingerprint density at radius 3 is 2.44 bits per heavy atom. The van der Waals surface area contributed by atoms with E-state index in [0.717, 1.165) is 6.42 Å². The highest BCUT2D eigenvalue weighted by Crippen LogP contribution is 2.09. The van der Waals surface area contributed by atoms with Crippen LogP contribution in [-0.2, 0) is 0 Å². The minimum Gasteiger partial charge on any atom is -0.120 e. The molecule has 0 radical (unpaired) electrons. The van der Waals surface area contributed by atoms with Gasteiger partial charge in [0, 0.05) is 5.92 Å². The van der Waals surface area contributed by atoms with Crippen LogP contribution in [0.15, 0.2) is 0 Å². The molecule has 0 aliphatic carbocycles. The Kier molecular flexibility index (Phi) is 5.41. The fourth-order valence-corrected chi connectivity index (χ4v) is 0.856. The largest absolute Gasteiger partial charge is 0.120 e. The second-order valence-corrected chi connectivity index (χ2v) is 2.41. The zero-order valence-corrected chi connectivity index (χ0v) is 6.48. The first-order chi connectivity index (χ1) is 4.35. The molecule has 0 heteroatoms. The van der Waals surface area contributed by atoms with E-state index in [1.807, 2.05) is 0 Å². The smallest absolute Gasteiger partial charge is 0.0197 e. The van der Waals surface area contributed by atoms with Crippen LogP contribution in [-0.4, -0.2) is 0 Å². The van der Waals surface area contributed by atoms with Crippen LogP contribution in [0.5, 0.6) is 0 Å².